The van der Waals surface area contributed by atoms with Crippen molar-refractivity contribution in [2.24, 2.45) is 0 Å². The summed E-state index contributed by atoms with van der Waals surface area (Å²) in [6.07, 6.45) is 31.9. The van der Waals surface area contributed by atoms with Gasteiger partial charge in [0.05, 0.1) is 17.1 Å². The van der Waals surface area contributed by atoms with Gasteiger partial charge < -0.3 is 5.11 Å². The van der Waals surface area contributed by atoms with E-state index in [-0.39, 0.29) is 11.5 Å². The predicted octanol–water partition coefficient (Wildman–Crippen LogP) is 16.8. The number of aryl methyl sites for hydroxylation is 4. The summed E-state index contributed by atoms with van der Waals surface area (Å²) in [6.45, 7) is 0. The highest BCUT2D eigenvalue weighted by Gasteiger charge is 2.09. The molecule has 0 radical (unpaired) electrons. The molecule has 0 atom stereocenters. The minimum Gasteiger partial charge on any atom is -0.512 e. The van der Waals surface area contributed by atoms with Gasteiger partial charge in [0.1, 0.15) is 0 Å². The lowest BCUT2D eigenvalue weighted by molar-refractivity contribution is -0.114. The Morgan fingerprint density at radius 1 is 0.323 bits per heavy atom. The molecule has 0 aliphatic heterocycles. The Kier molecular flexibility index (Phi) is 19.2. The van der Waals surface area contributed by atoms with Gasteiger partial charge >= 0.3 is 0 Å². The fourth-order valence-electron chi connectivity index (χ4n) is 9.49. The van der Waals surface area contributed by atoms with Gasteiger partial charge in [0.25, 0.3) is 0 Å². The van der Waals surface area contributed by atoms with E-state index >= 15 is 0 Å². The molecular weight excluding hydrogens is 793 g/mol. The van der Waals surface area contributed by atoms with Crippen LogP contribution in [0, 0.1) is 0 Å². The third kappa shape index (κ3) is 16.1. The van der Waals surface area contributed by atoms with Crippen molar-refractivity contribution >= 4 is 5.78 Å². The van der Waals surface area contributed by atoms with Crippen LogP contribution in [0.4, 0.5) is 0 Å². The summed E-state index contributed by atoms with van der Waals surface area (Å²) in [5.41, 5.74) is 14.9. The molecule has 0 amide bonds. The molecule has 6 aromatic rings. The van der Waals surface area contributed by atoms with Crippen molar-refractivity contribution < 1.29 is 9.90 Å². The van der Waals surface area contributed by atoms with Gasteiger partial charge in [0, 0.05) is 42.4 Å². The van der Waals surface area contributed by atoms with Crippen LogP contribution in [0.5, 0.6) is 0 Å². The molecule has 0 spiro atoms. The molecule has 0 fully saturated rings. The molecule has 1 N–H and O–H groups in total. The molecular formula is C61H72N2O2. The number of aliphatic hydroxyl groups excluding tert-OH is 1. The van der Waals surface area contributed by atoms with Crippen LogP contribution in [-0.4, -0.2) is 20.9 Å². The first kappa shape index (κ1) is 47.4. The molecule has 4 heteroatoms. The van der Waals surface area contributed by atoms with Gasteiger partial charge in [0.15, 0.2) is 5.78 Å². The summed E-state index contributed by atoms with van der Waals surface area (Å²) in [7, 11) is 0. The minimum atomic E-state index is 0.0623. The highest BCUT2D eigenvalue weighted by molar-refractivity contribution is 5.89. The quantitative estimate of drug-likeness (QED) is 0.165. The van der Waals surface area contributed by atoms with Gasteiger partial charge in [-0.3, -0.25) is 14.8 Å². The third-order valence-electron chi connectivity index (χ3n) is 13.3. The predicted molar refractivity (Wildman–Crippen MR) is 273 cm³/mol. The average Bonchev–Trinajstić information content (AvgIpc) is 3.34. The van der Waals surface area contributed by atoms with Crippen LogP contribution in [0.15, 0.2) is 146 Å². The second-order valence-corrected chi connectivity index (χ2v) is 18.6. The molecule has 4 aromatic carbocycles. The number of allylic oxidation sites excluding steroid dienone is 2. The monoisotopic (exact) mass is 865 g/mol. The number of aromatic nitrogens is 2. The van der Waals surface area contributed by atoms with E-state index in [0.717, 1.165) is 75.6 Å². The lowest BCUT2D eigenvalue weighted by Crippen LogP contribution is -1.96. The average molecular weight is 865 g/mol. The minimum absolute atomic E-state index is 0.0623. The van der Waals surface area contributed by atoms with Gasteiger partial charge in [-0.05, 0) is 145 Å². The van der Waals surface area contributed by atoms with Crippen LogP contribution < -0.4 is 0 Å². The van der Waals surface area contributed by atoms with E-state index in [2.05, 4.69) is 121 Å². The molecule has 2 aromatic heterocycles. The van der Waals surface area contributed by atoms with Crippen molar-refractivity contribution in [3.05, 3.63) is 168 Å². The number of rotatable bonds is 0. The Bertz CT molecular complexity index is 2410. The van der Waals surface area contributed by atoms with E-state index in [0.29, 0.717) is 12.8 Å². The molecule has 0 unspecified atom stereocenters. The maximum absolute atomic E-state index is 12.5. The van der Waals surface area contributed by atoms with Crippen molar-refractivity contribution in [3.63, 3.8) is 0 Å². The number of hydrogen-bond acceptors (Lipinski definition) is 4. The van der Waals surface area contributed by atoms with Crippen LogP contribution in [0.3, 0.4) is 0 Å². The second-order valence-electron chi connectivity index (χ2n) is 18.6. The lowest BCUT2D eigenvalue weighted by Gasteiger charge is -2.09. The summed E-state index contributed by atoms with van der Waals surface area (Å²) in [4.78, 5) is 22.1. The SMILES string of the molecule is O=C1C=C(O)CCCCCCCCc2cccc(c2)-c2ccnc(c2)-c2cccc(c2)CCCCCCCCc2cccc(c2)-c2cc(ccn2)-c2cccc(c2)CCCCCCCC1. The van der Waals surface area contributed by atoms with Crippen molar-refractivity contribution in [2.45, 2.75) is 154 Å². The number of nitrogens with zero attached hydrogens (tertiary/aromatic N) is 2. The third-order valence-corrected chi connectivity index (χ3v) is 13.3. The van der Waals surface area contributed by atoms with Crippen LogP contribution in [0.2, 0.25) is 0 Å². The van der Waals surface area contributed by atoms with Gasteiger partial charge in [-0.1, -0.05) is 162 Å². The highest BCUT2D eigenvalue weighted by atomic mass is 16.3. The number of hydrogen-bond donors (Lipinski definition) is 1. The number of pyridine rings is 2. The number of aliphatic hydroxyl groups is 1. The van der Waals surface area contributed by atoms with Crippen molar-refractivity contribution in [1.82, 2.24) is 9.97 Å². The van der Waals surface area contributed by atoms with Crippen LogP contribution in [0.1, 0.15) is 151 Å². The molecule has 1 aliphatic carbocycles. The number of benzene rings is 4. The van der Waals surface area contributed by atoms with Gasteiger partial charge in [-0.25, -0.2) is 0 Å². The molecule has 65 heavy (non-hydrogen) atoms. The number of carbonyl (C=O) groups is 1. The zero-order valence-corrected chi connectivity index (χ0v) is 39.0. The Labute approximate surface area is 390 Å². The van der Waals surface area contributed by atoms with Gasteiger partial charge in [0.2, 0.25) is 0 Å². The van der Waals surface area contributed by atoms with Gasteiger partial charge in [-0.15, -0.1) is 0 Å². The Balaban J connectivity index is 0.938. The molecule has 12 bridgehead atoms. The van der Waals surface area contributed by atoms with Crippen LogP contribution in [0.25, 0.3) is 44.8 Å². The first-order valence-corrected chi connectivity index (χ1v) is 25.3. The fourth-order valence-corrected chi connectivity index (χ4v) is 9.49. The zero-order valence-electron chi connectivity index (χ0n) is 39.0. The van der Waals surface area contributed by atoms with E-state index in [1.165, 1.54) is 139 Å². The molecule has 0 saturated heterocycles. The zero-order chi connectivity index (χ0) is 44.7. The van der Waals surface area contributed by atoms with E-state index in [9.17, 15) is 9.90 Å². The summed E-state index contributed by atoms with van der Waals surface area (Å²) in [6, 6.07) is 44.8. The van der Waals surface area contributed by atoms with Crippen LogP contribution >= 0.6 is 0 Å². The molecule has 338 valence electrons. The normalized spacial score (nSPS) is 16.6. The summed E-state index contributed by atoms with van der Waals surface area (Å²) in [5, 5.41) is 10.4. The Morgan fingerprint density at radius 2 is 0.631 bits per heavy atom. The first-order valence-electron chi connectivity index (χ1n) is 25.3. The van der Waals surface area contributed by atoms with E-state index in [1.807, 2.05) is 12.4 Å². The number of ketones is 1. The Morgan fingerprint density at radius 3 is 1.03 bits per heavy atom. The van der Waals surface area contributed by atoms with E-state index < -0.39 is 0 Å². The topological polar surface area (TPSA) is 63.1 Å². The van der Waals surface area contributed by atoms with E-state index in [4.69, 9.17) is 9.97 Å². The largest absolute Gasteiger partial charge is 0.512 e. The lowest BCUT2D eigenvalue weighted by atomic mass is 9.97. The maximum Gasteiger partial charge on any atom is 0.159 e. The number of carbonyl (C=O) groups excluding carboxylic acids is 1. The summed E-state index contributed by atoms with van der Waals surface area (Å²) < 4.78 is 0. The van der Waals surface area contributed by atoms with Gasteiger partial charge in [-0.2, -0.15) is 0 Å². The first-order chi connectivity index (χ1) is 32.1. The summed E-state index contributed by atoms with van der Waals surface area (Å²) >= 11 is 0. The highest BCUT2D eigenvalue weighted by Crippen LogP contribution is 2.29. The molecule has 7 rings (SSSR count). The summed E-state index contributed by atoms with van der Waals surface area (Å²) in [5.74, 6) is 0.312. The molecule has 1 aliphatic rings. The molecule has 4 nitrogen and oxygen atoms in total. The van der Waals surface area contributed by atoms with E-state index in [1.54, 1.807) is 0 Å². The van der Waals surface area contributed by atoms with Crippen molar-refractivity contribution in [2.75, 3.05) is 0 Å². The standard InChI is InChI=1S/C61H72N2O2/c64-58-35-17-11-5-3-9-13-23-48-27-19-31-52(41-48)54-37-39-62-60(45-54)56-33-21-29-50(43-56)25-15-7-1-2-8-16-26-51-30-22-34-57(44-51)61-46-55(38-40-63-61)53-32-20-28-49(42-53)24-14-10-4-6-12-18-36-59(65)47-58/h19-22,27-34,37-47,64H,1-18,23-26,35-36H2. The van der Waals surface area contributed by atoms with Crippen molar-refractivity contribution in [1.29, 1.82) is 0 Å². The fraction of sp³-hybridized carbons (Fsp3) is 0.393. The molecule has 0 saturated carbocycles. The van der Waals surface area contributed by atoms with Crippen molar-refractivity contribution in [3.8, 4) is 44.8 Å². The molecule has 2 heterocycles. The number of fused-ring (bicyclic) bond motifs is 16. The van der Waals surface area contributed by atoms with Crippen LogP contribution in [-0.2, 0) is 30.5 Å². The second kappa shape index (κ2) is 26.4. The Hall–Kier alpha value is -5.61. The maximum atomic E-state index is 12.5. The smallest absolute Gasteiger partial charge is 0.159 e.